The molecular formula is C22H21N7O3. The van der Waals surface area contributed by atoms with E-state index in [0.29, 0.717) is 35.8 Å². The molecule has 0 atom stereocenters. The zero-order valence-electron chi connectivity index (χ0n) is 17.6. The molecule has 0 aliphatic carbocycles. The summed E-state index contributed by atoms with van der Waals surface area (Å²) in [6.45, 7) is 2.95. The number of nitrogens with one attached hydrogen (secondary N) is 1. The monoisotopic (exact) mass is 431 g/mol. The van der Waals surface area contributed by atoms with Gasteiger partial charge in [-0.15, -0.1) is 0 Å². The largest absolute Gasteiger partial charge is 0.453 e. The van der Waals surface area contributed by atoms with Gasteiger partial charge in [-0.05, 0) is 30.7 Å². The van der Waals surface area contributed by atoms with Crippen LogP contribution in [0.4, 0.5) is 10.5 Å². The van der Waals surface area contributed by atoms with Crippen LogP contribution in [-0.4, -0.2) is 61.5 Å². The number of fused-ring (bicyclic) bond motifs is 1. The third-order valence-corrected chi connectivity index (χ3v) is 5.56. The van der Waals surface area contributed by atoms with Crippen molar-refractivity contribution in [2.24, 2.45) is 0 Å². The molecule has 1 N–H and O–H groups in total. The number of carbonyl (C=O) groups is 2. The fraction of sp³-hybridized carbons (Fsp3) is 0.227. The number of pyridine rings is 1. The van der Waals surface area contributed by atoms with Gasteiger partial charge in [0.25, 0.3) is 5.91 Å². The number of hydrogen-bond donors (Lipinski definition) is 1. The number of nitrogens with zero attached hydrogens (tertiary/aromatic N) is 6. The van der Waals surface area contributed by atoms with Gasteiger partial charge in [-0.3, -0.25) is 9.20 Å². The van der Waals surface area contributed by atoms with Crippen molar-refractivity contribution >= 4 is 23.3 Å². The van der Waals surface area contributed by atoms with Gasteiger partial charge in [0.05, 0.1) is 32.6 Å². The number of amides is 2. The van der Waals surface area contributed by atoms with E-state index in [1.807, 2.05) is 43.3 Å². The minimum absolute atomic E-state index is 0.0163. The fourth-order valence-electron chi connectivity index (χ4n) is 3.67. The van der Waals surface area contributed by atoms with Crippen LogP contribution in [0.25, 0.3) is 16.9 Å². The van der Waals surface area contributed by atoms with E-state index in [4.69, 9.17) is 4.74 Å². The van der Waals surface area contributed by atoms with Crippen LogP contribution < -0.4 is 5.32 Å². The number of anilines is 1. The maximum Gasteiger partial charge on any atom is 0.409 e. The Hall–Kier alpha value is -4.21. The van der Waals surface area contributed by atoms with Crippen LogP contribution in [0.5, 0.6) is 0 Å². The Morgan fingerprint density at radius 1 is 1.16 bits per heavy atom. The SMILES string of the molecule is COC(=O)N1CC(n2ncc(-c3ccc(C)c(NC(=O)c4cnc5ccccn45)c3)n2)C1. The molecule has 1 saturated heterocycles. The quantitative estimate of drug-likeness (QED) is 0.533. The zero-order valence-corrected chi connectivity index (χ0v) is 17.6. The summed E-state index contributed by atoms with van der Waals surface area (Å²) in [5.41, 5.74) is 4.30. The summed E-state index contributed by atoms with van der Waals surface area (Å²) in [6, 6.07) is 11.3. The number of likely N-dealkylation sites (tertiary alicyclic amines) is 1. The van der Waals surface area contributed by atoms with E-state index in [0.717, 1.165) is 11.1 Å². The summed E-state index contributed by atoms with van der Waals surface area (Å²) in [6.07, 6.45) is 4.70. The molecule has 0 spiro atoms. The summed E-state index contributed by atoms with van der Waals surface area (Å²) in [5, 5.41) is 11.9. The highest BCUT2D eigenvalue weighted by molar-refractivity contribution is 6.04. The average molecular weight is 431 g/mol. The van der Waals surface area contributed by atoms with Crippen molar-refractivity contribution in [1.82, 2.24) is 29.3 Å². The van der Waals surface area contributed by atoms with Crippen molar-refractivity contribution in [2.45, 2.75) is 13.0 Å². The first-order chi connectivity index (χ1) is 15.5. The van der Waals surface area contributed by atoms with Gasteiger partial charge in [0, 0.05) is 17.4 Å². The van der Waals surface area contributed by atoms with Crippen LogP contribution in [0.1, 0.15) is 22.1 Å². The lowest BCUT2D eigenvalue weighted by molar-refractivity contribution is 0.0627. The average Bonchev–Trinajstić information content (AvgIpc) is 3.41. The molecule has 10 nitrogen and oxygen atoms in total. The molecule has 1 aliphatic rings. The minimum Gasteiger partial charge on any atom is -0.453 e. The van der Waals surface area contributed by atoms with Crippen LogP contribution in [0.2, 0.25) is 0 Å². The molecule has 32 heavy (non-hydrogen) atoms. The number of aromatic nitrogens is 5. The second-order valence-corrected chi connectivity index (χ2v) is 7.64. The molecular weight excluding hydrogens is 410 g/mol. The summed E-state index contributed by atoms with van der Waals surface area (Å²) >= 11 is 0. The highest BCUT2D eigenvalue weighted by atomic mass is 16.5. The number of carbonyl (C=O) groups excluding carboxylic acids is 2. The number of imidazole rings is 1. The highest BCUT2D eigenvalue weighted by Crippen LogP contribution is 2.26. The van der Waals surface area contributed by atoms with Gasteiger partial charge in [-0.1, -0.05) is 18.2 Å². The maximum atomic E-state index is 12.9. The molecule has 5 rings (SSSR count). The molecule has 162 valence electrons. The highest BCUT2D eigenvalue weighted by Gasteiger charge is 2.34. The molecule has 4 heterocycles. The van der Waals surface area contributed by atoms with Crippen LogP contribution in [0, 0.1) is 6.92 Å². The number of hydrogen-bond acceptors (Lipinski definition) is 6. The zero-order chi connectivity index (χ0) is 22.2. The second-order valence-electron chi connectivity index (χ2n) is 7.64. The molecule has 1 aromatic carbocycles. The molecule has 1 fully saturated rings. The summed E-state index contributed by atoms with van der Waals surface area (Å²) < 4.78 is 6.46. The standard InChI is InChI=1S/C22H21N7O3/c1-14-6-7-15(18-10-24-29(26-18)16-12-27(13-16)22(31)32-2)9-17(14)25-21(30)19-11-23-20-5-3-4-8-28(19)20/h3-11,16H,12-13H2,1-2H3,(H,25,30). The molecule has 0 bridgehead atoms. The minimum atomic E-state index is -0.349. The molecule has 0 radical (unpaired) electrons. The third-order valence-electron chi connectivity index (χ3n) is 5.56. The number of ether oxygens (including phenoxy) is 1. The Bertz CT molecular complexity index is 1320. The maximum absolute atomic E-state index is 12.9. The third kappa shape index (κ3) is 3.45. The van der Waals surface area contributed by atoms with E-state index < -0.39 is 0 Å². The first kappa shape index (κ1) is 19.7. The van der Waals surface area contributed by atoms with Gasteiger partial charge >= 0.3 is 6.09 Å². The molecule has 0 unspecified atom stereocenters. The van der Waals surface area contributed by atoms with E-state index in [2.05, 4.69) is 20.5 Å². The summed E-state index contributed by atoms with van der Waals surface area (Å²) in [7, 11) is 1.36. The number of aryl methyl sites for hydroxylation is 1. The number of rotatable bonds is 4. The van der Waals surface area contributed by atoms with E-state index in [1.54, 1.807) is 32.7 Å². The van der Waals surface area contributed by atoms with E-state index in [-0.39, 0.29) is 18.0 Å². The number of methoxy groups -OCH3 is 1. The van der Waals surface area contributed by atoms with Crippen molar-refractivity contribution < 1.29 is 14.3 Å². The fourth-order valence-corrected chi connectivity index (χ4v) is 3.67. The van der Waals surface area contributed by atoms with Gasteiger partial charge in [0.15, 0.2) is 0 Å². The Kier molecular flexibility index (Phi) is 4.81. The molecule has 0 saturated carbocycles. The summed E-state index contributed by atoms with van der Waals surface area (Å²) in [5.74, 6) is -0.245. The van der Waals surface area contributed by atoms with E-state index in [1.165, 1.54) is 7.11 Å². The normalized spacial score (nSPS) is 13.8. The van der Waals surface area contributed by atoms with E-state index >= 15 is 0 Å². The second kappa shape index (κ2) is 7.80. The lowest BCUT2D eigenvalue weighted by Gasteiger charge is -2.36. The Balaban J connectivity index is 1.34. The number of benzene rings is 1. The van der Waals surface area contributed by atoms with E-state index in [9.17, 15) is 9.59 Å². The van der Waals surface area contributed by atoms with Crippen LogP contribution in [0.15, 0.2) is 55.0 Å². The molecule has 10 heteroatoms. The Morgan fingerprint density at radius 2 is 2.00 bits per heavy atom. The predicted octanol–water partition coefficient (Wildman–Crippen LogP) is 2.78. The lowest BCUT2D eigenvalue weighted by Crippen LogP contribution is -2.51. The van der Waals surface area contributed by atoms with Gasteiger partial charge in [-0.25, -0.2) is 9.78 Å². The summed E-state index contributed by atoms with van der Waals surface area (Å²) in [4.78, 5) is 31.9. The Morgan fingerprint density at radius 3 is 2.81 bits per heavy atom. The molecule has 1 aliphatic heterocycles. The lowest BCUT2D eigenvalue weighted by atomic mass is 10.1. The van der Waals surface area contributed by atoms with Crippen molar-refractivity contribution in [3.63, 3.8) is 0 Å². The van der Waals surface area contributed by atoms with Gasteiger partial charge < -0.3 is 15.0 Å². The molecule has 2 amide bonds. The Labute approximate surface area is 183 Å². The van der Waals surface area contributed by atoms with Crippen molar-refractivity contribution in [2.75, 3.05) is 25.5 Å². The molecule has 4 aromatic rings. The smallest absolute Gasteiger partial charge is 0.409 e. The van der Waals surface area contributed by atoms with Gasteiger partial charge in [0.1, 0.15) is 23.1 Å². The first-order valence-corrected chi connectivity index (χ1v) is 10.1. The van der Waals surface area contributed by atoms with Crippen LogP contribution in [0.3, 0.4) is 0 Å². The van der Waals surface area contributed by atoms with Crippen molar-refractivity contribution in [3.8, 4) is 11.3 Å². The van der Waals surface area contributed by atoms with Gasteiger partial charge in [0.2, 0.25) is 0 Å². The van der Waals surface area contributed by atoms with Crippen molar-refractivity contribution in [3.05, 3.63) is 66.2 Å². The van der Waals surface area contributed by atoms with Crippen molar-refractivity contribution in [1.29, 1.82) is 0 Å². The van der Waals surface area contributed by atoms with Gasteiger partial charge in [-0.2, -0.15) is 15.0 Å². The molecule has 3 aromatic heterocycles. The van der Waals surface area contributed by atoms with Crippen LogP contribution in [-0.2, 0) is 4.74 Å². The first-order valence-electron chi connectivity index (χ1n) is 10.1. The van der Waals surface area contributed by atoms with Crippen LogP contribution >= 0.6 is 0 Å². The predicted molar refractivity (Wildman–Crippen MR) is 116 cm³/mol. The topological polar surface area (TPSA) is 107 Å².